The number of pyridine rings is 1. The first-order valence-corrected chi connectivity index (χ1v) is 3.88. The molecule has 1 aromatic heterocycles. The van der Waals surface area contributed by atoms with Crippen molar-refractivity contribution in [3.63, 3.8) is 0 Å². The highest BCUT2D eigenvalue weighted by Crippen LogP contribution is 2.03. The number of aromatic nitrogens is 1. The number of carbonyl (C=O) groups is 2. The number of carbonyl (C=O) groups excluding carboxylic acids is 2. The smallest absolute Gasteiger partial charge is 0.384 e. The number of esters is 1. The molecule has 0 fully saturated rings. The second kappa shape index (κ2) is 4.86. The Morgan fingerprint density at radius 1 is 1.67 bits per heavy atom. The van der Waals surface area contributed by atoms with Crippen LogP contribution >= 0.6 is 0 Å². The lowest BCUT2D eigenvalue weighted by Gasteiger charge is -1.93. The molecule has 1 rings (SSSR count). The van der Waals surface area contributed by atoms with Gasteiger partial charge in [-0.05, 0) is 6.07 Å². The van der Waals surface area contributed by atoms with Gasteiger partial charge in [0.15, 0.2) is 6.29 Å². The number of halogens is 1. The van der Waals surface area contributed by atoms with Gasteiger partial charge in [-0.25, -0.2) is 9.78 Å². The number of aldehydes is 1. The summed E-state index contributed by atoms with van der Waals surface area (Å²) in [6.07, 6.45) is 1.45. The summed E-state index contributed by atoms with van der Waals surface area (Å²) in [5.74, 6) is 2.93. The molecule has 0 aliphatic rings. The zero-order valence-electron chi connectivity index (χ0n) is 7.78. The van der Waals surface area contributed by atoms with Gasteiger partial charge in [-0.3, -0.25) is 4.79 Å². The van der Waals surface area contributed by atoms with Gasteiger partial charge < -0.3 is 4.74 Å². The topological polar surface area (TPSA) is 56.3 Å². The third kappa shape index (κ3) is 2.88. The lowest BCUT2D eigenvalue weighted by atomic mass is 10.2. The van der Waals surface area contributed by atoms with Gasteiger partial charge in [0.1, 0.15) is 0 Å². The van der Waals surface area contributed by atoms with Crippen molar-refractivity contribution in [2.45, 2.75) is 0 Å². The molecule has 0 aliphatic heterocycles. The van der Waals surface area contributed by atoms with Crippen LogP contribution in [-0.2, 0) is 9.53 Å². The van der Waals surface area contributed by atoms with Crippen LogP contribution in [-0.4, -0.2) is 24.3 Å². The van der Waals surface area contributed by atoms with Crippen LogP contribution < -0.4 is 0 Å². The normalized spacial score (nSPS) is 8.67. The van der Waals surface area contributed by atoms with Crippen LogP contribution in [0.15, 0.2) is 12.3 Å². The Balaban J connectivity index is 3.00. The minimum absolute atomic E-state index is 0.202. The van der Waals surface area contributed by atoms with Crippen LogP contribution in [0.2, 0.25) is 0 Å². The fraction of sp³-hybridized carbons (Fsp3) is 0.100. The van der Waals surface area contributed by atoms with Gasteiger partial charge in [-0.2, -0.15) is 4.39 Å². The predicted octanol–water partition coefficient (Wildman–Crippen LogP) is 0.558. The molecule has 4 nitrogen and oxygen atoms in total. The second-order valence-corrected chi connectivity index (χ2v) is 2.46. The van der Waals surface area contributed by atoms with Crippen LogP contribution in [0.5, 0.6) is 0 Å². The van der Waals surface area contributed by atoms with Crippen molar-refractivity contribution in [1.29, 1.82) is 0 Å². The molecule has 0 saturated heterocycles. The molecule has 5 heteroatoms. The van der Waals surface area contributed by atoms with Gasteiger partial charge in [0.25, 0.3) is 0 Å². The monoisotopic (exact) mass is 207 g/mol. The maximum atomic E-state index is 12.8. The summed E-state index contributed by atoms with van der Waals surface area (Å²) in [5, 5.41) is 0. The molecule has 0 aliphatic carbocycles. The molecule has 0 bridgehead atoms. The first-order chi connectivity index (χ1) is 7.17. The van der Waals surface area contributed by atoms with Crippen molar-refractivity contribution in [1.82, 2.24) is 4.98 Å². The van der Waals surface area contributed by atoms with Gasteiger partial charge >= 0.3 is 5.97 Å². The molecule has 0 amide bonds. The molecule has 0 unspecified atom stereocenters. The van der Waals surface area contributed by atoms with E-state index in [4.69, 9.17) is 0 Å². The van der Waals surface area contributed by atoms with Gasteiger partial charge in [0, 0.05) is 17.7 Å². The number of methoxy groups -OCH3 is 1. The van der Waals surface area contributed by atoms with Crippen LogP contribution in [0, 0.1) is 17.8 Å². The molecule has 0 atom stereocenters. The van der Waals surface area contributed by atoms with E-state index in [-0.39, 0.29) is 11.1 Å². The molecule has 0 radical (unpaired) electrons. The Morgan fingerprint density at radius 3 is 3.00 bits per heavy atom. The minimum atomic E-state index is -0.867. The highest BCUT2D eigenvalue weighted by Gasteiger charge is 2.02. The summed E-state index contributed by atoms with van der Waals surface area (Å²) in [4.78, 5) is 24.3. The average Bonchev–Trinajstić information content (AvgIpc) is 2.27. The zero-order valence-corrected chi connectivity index (χ0v) is 7.78. The van der Waals surface area contributed by atoms with Crippen molar-refractivity contribution in [3.05, 3.63) is 29.3 Å². The van der Waals surface area contributed by atoms with Crippen LogP contribution in [0.1, 0.15) is 15.9 Å². The van der Waals surface area contributed by atoms with Crippen molar-refractivity contribution in [2.75, 3.05) is 7.11 Å². The Hall–Kier alpha value is -2.22. The largest absolute Gasteiger partial charge is 0.459 e. The van der Waals surface area contributed by atoms with Gasteiger partial charge in [-0.15, -0.1) is 0 Å². The summed E-state index contributed by atoms with van der Waals surface area (Å²) in [5.41, 5.74) is 0.0653. The van der Waals surface area contributed by atoms with E-state index in [0.29, 0.717) is 6.29 Å². The lowest BCUT2D eigenvalue weighted by Crippen LogP contribution is -1.96. The third-order valence-electron chi connectivity index (χ3n) is 1.49. The van der Waals surface area contributed by atoms with Crippen molar-refractivity contribution in [2.24, 2.45) is 0 Å². The predicted molar refractivity (Wildman–Crippen MR) is 48.5 cm³/mol. The van der Waals surface area contributed by atoms with Gasteiger partial charge in [0.05, 0.1) is 12.7 Å². The van der Waals surface area contributed by atoms with Gasteiger partial charge in [0.2, 0.25) is 5.95 Å². The summed E-state index contributed by atoms with van der Waals surface area (Å²) in [6, 6.07) is 1.20. The Morgan fingerprint density at radius 2 is 2.40 bits per heavy atom. The van der Waals surface area contributed by atoms with Crippen LogP contribution in [0.25, 0.3) is 0 Å². The highest BCUT2D eigenvalue weighted by atomic mass is 19.1. The molecule has 0 aromatic carbocycles. The molecule has 0 spiro atoms. The Kier molecular flexibility index (Phi) is 3.52. The van der Waals surface area contributed by atoms with E-state index in [0.717, 1.165) is 6.20 Å². The summed E-state index contributed by atoms with van der Waals surface area (Å²) in [6.45, 7) is 0. The van der Waals surface area contributed by atoms with Crippen molar-refractivity contribution < 1.29 is 18.7 Å². The van der Waals surface area contributed by atoms with Crippen molar-refractivity contribution in [3.8, 4) is 11.8 Å². The average molecular weight is 207 g/mol. The fourth-order valence-electron chi connectivity index (χ4n) is 0.790. The first kappa shape index (κ1) is 10.9. The quantitative estimate of drug-likeness (QED) is 0.292. The zero-order chi connectivity index (χ0) is 11.3. The summed E-state index contributed by atoms with van der Waals surface area (Å²) in [7, 11) is 1.19. The molecule has 15 heavy (non-hydrogen) atoms. The number of rotatable bonds is 1. The number of nitrogens with zero attached hydrogens (tertiary/aromatic N) is 1. The van der Waals surface area contributed by atoms with E-state index in [2.05, 4.69) is 21.6 Å². The third-order valence-corrected chi connectivity index (χ3v) is 1.49. The van der Waals surface area contributed by atoms with E-state index in [9.17, 15) is 14.0 Å². The minimum Gasteiger partial charge on any atom is -0.459 e. The van der Waals surface area contributed by atoms with Crippen LogP contribution in [0.4, 0.5) is 4.39 Å². The molecular weight excluding hydrogens is 201 g/mol. The standard InChI is InChI=1S/C10H6FNO3/c1-15-9(14)3-2-7-4-8(6-13)10(11)12-5-7/h4-6H,1H3. The number of ether oxygens (including phenoxy) is 1. The fourth-order valence-corrected chi connectivity index (χ4v) is 0.790. The maximum absolute atomic E-state index is 12.8. The summed E-state index contributed by atoms with van der Waals surface area (Å²) < 4.78 is 17.0. The molecule has 0 saturated carbocycles. The van der Waals surface area contributed by atoms with E-state index in [1.807, 2.05) is 0 Å². The van der Waals surface area contributed by atoms with E-state index >= 15 is 0 Å². The lowest BCUT2D eigenvalue weighted by molar-refractivity contribution is -0.133. The first-order valence-electron chi connectivity index (χ1n) is 3.88. The Labute approximate surface area is 85.1 Å². The molecule has 1 aromatic rings. The molecular formula is C10H6FNO3. The molecule has 0 N–H and O–H groups in total. The number of hydrogen-bond acceptors (Lipinski definition) is 4. The van der Waals surface area contributed by atoms with E-state index in [1.165, 1.54) is 13.2 Å². The van der Waals surface area contributed by atoms with Crippen LogP contribution in [0.3, 0.4) is 0 Å². The highest BCUT2D eigenvalue weighted by molar-refractivity contribution is 5.89. The van der Waals surface area contributed by atoms with E-state index < -0.39 is 11.9 Å². The Bertz CT molecular complexity index is 459. The van der Waals surface area contributed by atoms with Gasteiger partial charge in [-0.1, -0.05) is 5.92 Å². The second-order valence-electron chi connectivity index (χ2n) is 2.46. The SMILES string of the molecule is COC(=O)C#Cc1cnc(F)c(C=O)c1. The summed E-state index contributed by atoms with van der Waals surface area (Å²) >= 11 is 0. The number of hydrogen-bond donors (Lipinski definition) is 0. The maximum Gasteiger partial charge on any atom is 0.384 e. The van der Waals surface area contributed by atoms with E-state index in [1.54, 1.807) is 0 Å². The van der Waals surface area contributed by atoms with Crippen molar-refractivity contribution >= 4 is 12.3 Å². The molecule has 1 heterocycles. The molecule has 76 valence electrons.